The van der Waals surface area contributed by atoms with Gasteiger partial charge in [0.25, 0.3) is 11.8 Å². The number of imide groups is 1. The number of unbranched alkanes of at least 4 members (excludes halogenated alkanes) is 2. The first-order valence-electron chi connectivity index (χ1n) is 6.67. The molecule has 106 valence electrons. The van der Waals surface area contributed by atoms with Gasteiger partial charge in [0.2, 0.25) is 0 Å². The molecule has 0 fully saturated rings. The Kier molecular flexibility index (Phi) is 5.49. The minimum atomic E-state index is -0.186. The summed E-state index contributed by atoms with van der Waals surface area (Å²) in [7, 11) is 0. The van der Waals surface area contributed by atoms with E-state index < -0.39 is 0 Å². The molecule has 2 amide bonds. The van der Waals surface area contributed by atoms with E-state index in [2.05, 4.69) is 6.92 Å². The number of nitrogens with zero attached hydrogens (tertiary/aromatic N) is 1. The summed E-state index contributed by atoms with van der Waals surface area (Å²) < 4.78 is 0. The van der Waals surface area contributed by atoms with Crippen molar-refractivity contribution >= 4 is 34.5 Å². The first-order chi connectivity index (χ1) is 9.74. The van der Waals surface area contributed by atoms with Crippen LogP contribution in [-0.4, -0.2) is 23.3 Å². The third kappa shape index (κ3) is 3.55. The SMILES string of the molecule is CCCCCN(C(=O)c1cccs1)C(=O)c1cccs1. The van der Waals surface area contributed by atoms with Crippen molar-refractivity contribution in [2.75, 3.05) is 6.54 Å². The molecular formula is C15H17NO2S2. The van der Waals surface area contributed by atoms with Crippen LogP contribution in [0.1, 0.15) is 45.5 Å². The van der Waals surface area contributed by atoms with Gasteiger partial charge in [-0.3, -0.25) is 14.5 Å². The third-order valence-electron chi connectivity index (χ3n) is 2.94. The molecule has 20 heavy (non-hydrogen) atoms. The number of carbonyl (C=O) groups excluding carboxylic acids is 2. The van der Waals surface area contributed by atoms with Gasteiger partial charge in [-0.1, -0.05) is 31.9 Å². The fourth-order valence-electron chi connectivity index (χ4n) is 1.88. The average Bonchev–Trinajstić information content (AvgIpc) is 3.15. The molecule has 0 unspecified atom stereocenters. The Balaban J connectivity index is 2.16. The smallest absolute Gasteiger partial charge is 0.270 e. The van der Waals surface area contributed by atoms with Crippen molar-refractivity contribution in [3.05, 3.63) is 44.8 Å². The van der Waals surface area contributed by atoms with Gasteiger partial charge in [-0.2, -0.15) is 0 Å². The Morgan fingerprint density at radius 2 is 1.55 bits per heavy atom. The summed E-state index contributed by atoms with van der Waals surface area (Å²) in [6.45, 7) is 2.59. The maximum atomic E-state index is 12.5. The number of amides is 2. The Hall–Kier alpha value is -1.46. The lowest BCUT2D eigenvalue weighted by molar-refractivity contribution is 0.0619. The van der Waals surface area contributed by atoms with Crippen molar-refractivity contribution in [1.29, 1.82) is 0 Å². The van der Waals surface area contributed by atoms with Gasteiger partial charge in [-0.15, -0.1) is 22.7 Å². The third-order valence-corrected chi connectivity index (χ3v) is 4.66. The number of carbonyl (C=O) groups is 2. The van der Waals surface area contributed by atoms with E-state index in [1.54, 1.807) is 12.1 Å². The maximum Gasteiger partial charge on any atom is 0.270 e. The first kappa shape index (κ1) is 14.9. The summed E-state index contributed by atoms with van der Waals surface area (Å²) in [5.41, 5.74) is 0. The standard InChI is InChI=1S/C15H17NO2S2/c1-2-3-4-9-16(14(17)12-7-5-10-19-12)15(18)13-8-6-11-20-13/h5-8,10-11H,2-4,9H2,1H3. The fourth-order valence-corrected chi connectivity index (χ4v) is 3.23. The van der Waals surface area contributed by atoms with E-state index in [1.807, 2.05) is 22.9 Å². The van der Waals surface area contributed by atoms with E-state index in [-0.39, 0.29) is 11.8 Å². The molecule has 0 spiro atoms. The van der Waals surface area contributed by atoms with Crippen molar-refractivity contribution in [3.8, 4) is 0 Å². The molecule has 0 radical (unpaired) electrons. The van der Waals surface area contributed by atoms with E-state index in [0.717, 1.165) is 19.3 Å². The summed E-state index contributed by atoms with van der Waals surface area (Å²) in [6.07, 6.45) is 2.94. The zero-order valence-electron chi connectivity index (χ0n) is 11.4. The number of thiophene rings is 2. The molecule has 0 bridgehead atoms. The van der Waals surface area contributed by atoms with E-state index in [1.165, 1.54) is 27.6 Å². The predicted octanol–water partition coefficient (Wildman–Crippen LogP) is 4.28. The van der Waals surface area contributed by atoms with E-state index >= 15 is 0 Å². The lowest BCUT2D eigenvalue weighted by Gasteiger charge is -2.19. The molecule has 0 N–H and O–H groups in total. The molecule has 2 rings (SSSR count). The lowest BCUT2D eigenvalue weighted by Crippen LogP contribution is -2.37. The average molecular weight is 307 g/mol. The topological polar surface area (TPSA) is 37.4 Å². The zero-order chi connectivity index (χ0) is 14.4. The van der Waals surface area contributed by atoms with Crippen LogP contribution in [0.5, 0.6) is 0 Å². The molecule has 0 atom stereocenters. The van der Waals surface area contributed by atoms with E-state index in [9.17, 15) is 9.59 Å². The van der Waals surface area contributed by atoms with Gasteiger partial charge < -0.3 is 0 Å². The van der Waals surface area contributed by atoms with Gasteiger partial charge in [0.1, 0.15) is 0 Å². The summed E-state index contributed by atoms with van der Waals surface area (Å²) in [5.74, 6) is -0.371. The van der Waals surface area contributed by atoms with Crippen molar-refractivity contribution in [2.24, 2.45) is 0 Å². The highest BCUT2D eigenvalue weighted by molar-refractivity contribution is 7.12. The summed E-state index contributed by atoms with van der Waals surface area (Å²) >= 11 is 2.75. The van der Waals surface area contributed by atoms with Gasteiger partial charge in [0.05, 0.1) is 9.75 Å². The monoisotopic (exact) mass is 307 g/mol. The summed E-state index contributed by atoms with van der Waals surface area (Å²) in [5, 5.41) is 3.71. The van der Waals surface area contributed by atoms with Crippen molar-refractivity contribution in [1.82, 2.24) is 4.90 Å². The van der Waals surface area contributed by atoms with Gasteiger partial charge in [-0.25, -0.2) is 0 Å². The quantitative estimate of drug-likeness (QED) is 0.590. The molecule has 3 nitrogen and oxygen atoms in total. The van der Waals surface area contributed by atoms with Crippen LogP contribution in [0, 0.1) is 0 Å². The second-order valence-electron chi connectivity index (χ2n) is 4.42. The molecule has 2 aromatic heterocycles. The molecular weight excluding hydrogens is 290 g/mol. The van der Waals surface area contributed by atoms with Gasteiger partial charge >= 0.3 is 0 Å². The van der Waals surface area contributed by atoms with Crippen molar-refractivity contribution in [3.63, 3.8) is 0 Å². The summed E-state index contributed by atoms with van der Waals surface area (Å²) in [4.78, 5) is 27.5. The molecule has 5 heteroatoms. The van der Waals surface area contributed by atoms with Crippen LogP contribution in [0.2, 0.25) is 0 Å². The summed E-state index contributed by atoms with van der Waals surface area (Å²) in [6, 6.07) is 7.19. The minimum Gasteiger partial charge on any atom is -0.273 e. The van der Waals surface area contributed by atoms with Crippen LogP contribution >= 0.6 is 22.7 Å². The van der Waals surface area contributed by atoms with Crippen LogP contribution in [0.25, 0.3) is 0 Å². The Labute approximate surface area is 126 Å². The highest BCUT2D eigenvalue weighted by atomic mass is 32.1. The molecule has 2 heterocycles. The highest BCUT2D eigenvalue weighted by Gasteiger charge is 2.24. The number of hydrogen-bond donors (Lipinski definition) is 0. The Bertz CT molecular complexity index is 500. The molecule has 0 aromatic carbocycles. The van der Waals surface area contributed by atoms with Crippen LogP contribution in [0.3, 0.4) is 0 Å². The van der Waals surface area contributed by atoms with Gasteiger partial charge in [-0.05, 0) is 29.3 Å². The second kappa shape index (κ2) is 7.36. The zero-order valence-corrected chi connectivity index (χ0v) is 13.0. The molecule has 0 saturated carbocycles. The maximum absolute atomic E-state index is 12.5. The van der Waals surface area contributed by atoms with Crippen LogP contribution < -0.4 is 0 Å². The highest BCUT2D eigenvalue weighted by Crippen LogP contribution is 2.18. The minimum absolute atomic E-state index is 0.186. The number of hydrogen-bond acceptors (Lipinski definition) is 4. The normalized spacial score (nSPS) is 10.4. The lowest BCUT2D eigenvalue weighted by atomic mass is 10.2. The van der Waals surface area contributed by atoms with Gasteiger partial charge in [0.15, 0.2) is 0 Å². The van der Waals surface area contributed by atoms with E-state index in [0.29, 0.717) is 16.3 Å². The molecule has 0 saturated heterocycles. The fraction of sp³-hybridized carbons (Fsp3) is 0.333. The molecule has 0 aliphatic carbocycles. The number of rotatable bonds is 6. The Morgan fingerprint density at radius 1 is 1.00 bits per heavy atom. The second-order valence-corrected chi connectivity index (χ2v) is 6.32. The van der Waals surface area contributed by atoms with Gasteiger partial charge in [0, 0.05) is 6.54 Å². The van der Waals surface area contributed by atoms with Crippen LogP contribution in [0.4, 0.5) is 0 Å². The molecule has 2 aromatic rings. The van der Waals surface area contributed by atoms with Crippen LogP contribution in [0.15, 0.2) is 35.0 Å². The van der Waals surface area contributed by atoms with E-state index in [4.69, 9.17) is 0 Å². The predicted molar refractivity (Wildman–Crippen MR) is 83.5 cm³/mol. The Morgan fingerprint density at radius 3 is 1.95 bits per heavy atom. The van der Waals surface area contributed by atoms with Crippen molar-refractivity contribution in [2.45, 2.75) is 26.2 Å². The molecule has 0 aliphatic rings. The van der Waals surface area contributed by atoms with Crippen molar-refractivity contribution < 1.29 is 9.59 Å². The molecule has 0 aliphatic heterocycles. The largest absolute Gasteiger partial charge is 0.273 e. The van der Waals surface area contributed by atoms with Crippen LogP contribution in [-0.2, 0) is 0 Å². The first-order valence-corrected chi connectivity index (χ1v) is 8.43.